The van der Waals surface area contributed by atoms with Gasteiger partial charge in [-0.05, 0) is 12.5 Å². The molecular formula is C15H13N3O4. The standard InChI is InChI=1S/C15H13N3O4/c1-2-21-15(20)12-11-13(22-17-12)16-9-18(14(11)19)8-10-6-4-3-5-7-10/h3-7,9H,2,8H2,1H3. The van der Waals surface area contributed by atoms with Crippen molar-refractivity contribution in [3.8, 4) is 0 Å². The predicted molar refractivity (Wildman–Crippen MR) is 77.6 cm³/mol. The fraction of sp³-hybridized carbons (Fsp3) is 0.200. The van der Waals surface area contributed by atoms with Crippen LogP contribution in [0.4, 0.5) is 0 Å². The molecule has 0 bridgehead atoms. The smallest absolute Gasteiger partial charge is 0.361 e. The molecule has 0 spiro atoms. The highest BCUT2D eigenvalue weighted by atomic mass is 16.5. The molecule has 22 heavy (non-hydrogen) atoms. The highest BCUT2D eigenvalue weighted by Gasteiger charge is 2.22. The van der Waals surface area contributed by atoms with Crippen LogP contribution in [-0.4, -0.2) is 27.3 Å². The van der Waals surface area contributed by atoms with Crippen molar-refractivity contribution >= 4 is 17.1 Å². The summed E-state index contributed by atoms with van der Waals surface area (Å²) in [5, 5.41) is 3.64. The summed E-state index contributed by atoms with van der Waals surface area (Å²) in [7, 11) is 0. The molecule has 7 nitrogen and oxygen atoms in total. The molecule has 0 aliphatic heterocycles. The molecule has 0 radical (unpaired) electrons. The average molecular weight is 299 g/mol. The molecule has 7 heteroatoms. The topological polar surface area (TPSA) is 87.2 Å². The Kier molecular flexibility index (Phi) is 3.69. The fourth-order valence-electron chi connectivity index (χ4n) is 2.11. The Morgan fingerprint density at radius 3 is 2.82 bits per heavy atom. The molecular weight excluding hydrogens is 286 g/mol. The van der Waals surface area contributed by atoms with Gasteiger partial charge in [0.25, 0.3) is 11.3 Å². The van der Waals surface area contributed by atoms with Gasteiger partial charge in [-0.1, -0.05) is 35.5 Å². The summed E-state index contributed by atoms with van der Waals surface area (Å²) in [5.74, 6) is -0.697. The van der Waals surface area contributed by atoms with Crippen LogP contribution >= 0.6 is 0 Å². The van der Waals surface area contributed by atoms with E-state index in [4.69, 9.17) is 9.26 Å². The van der Waals surface area contributed by atoms with Crippen LogP contribution in [0.3, 0.4) is 0 Å². The molecule has 0 unspecified atom stereocenters. The SMILES string of the molecule is CCOC(=O)c1noc2ncn(Cc3ccccc3)c(=O)c12. The normalized spacial score (nSPS) is 10.8. The summed E-state index contributed by atoms with van der Waals surface area (Å²) in [6.45, 7) is 2.20. The molecule has 3 aromatic rings. The summed E-state index contributed by atoms with van der Waals surface area (Å²) in [6, 6.07) is 9.46. The Labute approximate surface area is 125 Å². The summed E-state index contributed by atoms with van der Waals surface area (Å²) in [6.07, 6.45) is 1.37. The Bertz CT molecular complexity index is 867. The van der Waals surface area contributed by atoms with Gasteiger partial charge in [-0.3, -0.25) is 9.36 Å². The number of hydrogen-bond donors (Lipinski definition) is 0. The van der Waals surface area contributed by atoms with Gasteiger partial charge in [0.15, 0.2) is 0 Å². The van der Waals surface area contributed by atoms with E-state index in [9.17, 15) is 9.59 Å². The lowest BCUT2D eigenvalue weighted by molar-refractivity contribution is 0.0516. The first-order chi connectivity index (χ1) is 10.7. The third-order valence-electron chi connectivity index (χ3n) is 3.13. The van der Waals surface area contributed by atoms with Crippen LogP contribution in [0.25, 0.3) is 11.1 Å². The number of aromatic nitrogens is 3. The second kappa shape index (κ2) is 5.80. The average Bonchev–Trinajstić information content (AvgIpc) is 2.96. The first-order valence-electron chi connectivity index (χ1n) is 6.76. The van der Waals surface area contributed by atoms with Gasteiger partial charge in [-0.15, -0.1) is 0 Å². The van der Waals surface area contributed by atoms with Gasteiger partial charge in [-0.2, -0.15) is 0 Å². The predicted octanol–water partition coefficient (Wildman–Crippen LogP) is 1.61. The van der Waals surface area contributed by atoms with Crippen LogP contribution in [0, 0.1) is 0 Å². The molecule has 0 fully saturated rings. The second-order valence-corrected chi connectivity index (χ2v) is 4.60. The first-order valence-corrected chi connectivity index (χ1v) is 6.76. The second-order valence-electron chi connectivity index (χ2n) is 4.60. The van der Waals surface area contributed by atoms with Crippen LogP contribution in [0.5, 0.6) is 0 Å². The van der Waals surface area contributed by atoms with Crippen molar-refractivity contribution in [1.29, 1.82) is 0 Å². The third kappa shape index (κ3) is 2.48. The number of fused-ring (bicyclic) bond motifs is 1. The van der Waals surface area contributed by atoms with Gasteiger partial charge >= 0.3 is 5.97 Å². The van der Waals surface area contributed by atoms with Crippen LogP contribution in [0.15, 0.2) is 46.0 Å². The molecule has 0 aliphatic carbocycles. The molecule has 0 amide bonds. The maximum Gasteiger partial charge on any atom is 0.361 e. The first kappa shape index (κ1) is 14.0. The van der Waals surface area contributed by atoms with Gasteiger partial charge in [0, 0.05) is 0 Å². The van der Waals surface area contributed by atoms with Gasteiger partial charge in [-0.25, -0.2) is 9.78 Å². The Balaban J connectivity index is 2.06. The van der Waals surface area contributed by atoms with Gasteiger partial charge < -0.3 is 9.26 Å². The third-order valence-corrected chi connectivity index (χ3v) is 3.13. The molecule has 0 N–H and O–H groups in total. The molecule has 0 saturated carbocycles. The van der Waals surface area contributed by atoms with Crippen molar-refractivity contribution in [1.82, 2.24) is 14.7 Å². The zero-order chi connectivity index (χ0) is 15.5. The lowest BCUT2D eigenvalue weighted by Gasteiger charge is -2.04. The minimum absolute atomic E-state index is 0.0253. The van der Waals surface area contributed by atoms with Crippen molar-refractivity contribution in [2.24, 2.45) is 0 Å². The molecule has 112 valence electrons. The van der Waals surface area contributed by atoms with E-state index in [0.29, 0.717) is 6.54 Å². The number of nitrogens with zero attached hydrogens (tertiary/aromatic N) is 3. The zero-order valence-corrected chi connectivity index (χ0v) is 11.9. The lowest BCUT2D eigenvalue weighted by Crippen LogP contribution is -2.22. The monoisotopic (exact) mass is 299 g/mol. The molecule has 0 aliphatic rings. The zero-order valence-electron chi connectivity index (χ0n) is 11.9. The van der Waals surface area contributed by atoms with E-state index < -0.39 is 11.5 Å². The summed E-state index contributed by atoms with van der Waals surface area (Å²) >= 11 is 0. The Morgan fingerprint density at radius 2 is 2.09 bits per heavy atom. The van der Waals surface area contributed by atoms with E-state index in [0.717, 1.165) is 5.56 Å². The van der Waals surface area contributed by atoms with Crippen molar-refractivity contribution < 1.29 is 14.1 Å². The summed E-state index contributed by atoms with van der Waals surface area (Å²) in [5.41, 5.74) is 0.437. The molecule has 3 rings (SSSR count). The van der Waals surface area contributed by atoms with Crippen LogP contribution in [0.2, 0.25) is 0 Å². The van der Waals surface area contributed by atoms with Gasteiger partial charge in [0.05, 0.1) is 13.2 Å². The van der Waals surface area contributed by atoms with E-state index in [1.165, 1.54) is 10.9 Å². The quantitative estimate of drug-likeness (QED) is 0.680. The van der Waals surface area contributed by atoms with E-state index in [2.05, 4.69) is 10.1 Å². The van der Waals surface area contributed by atoms with Crippen molar-refractivity contribution in [3.63, 3.8) is 0 Å². The lowest BCUT2D eigenvalue weighted by atomic mass is 10.2. The van der Waals surface area contributed by atoms with E-state index in [1.807, 2.05) is 30.3 Å². The summed E-state index contributed by atoms with van der Waals surface area (Å²) < 4.78 is 11.2. The van der Waals surface area contributed by atoms with E-state index in [1.54, 1.807) is 6.92 Å². The van der Waals surface area contributed by atoms with E-state index >= 15 is 0 Å². The molecule has 1 aromatic carbocycles. The van der Waals surface area contributed by atoms with Crippen LogP contribution in [-0.2, 0) is 11.3 Å². The van der Waals surface area contributed by atoms with E-state index in [-0.39, 0.29) is 23.4 Å². The van der Waals surface area contributed by atoms with Crippen molar-refractivity contribution in [3.05, 3.63) is 58.3 Å². The maximum atomic E-state index is 12.5. The fourth-order valence-corrected chi connectivity index (χ4v) is 2.11. The number of ether oxygens (including phenoxy) is 1. The van der Waals surface area contributed by atoms with Gasteiger partial charge in [0.2, 0.25) is 5.69 Å². The number of benzene rings is 1. The van der Waals surface area contributed by atoms with Crippen LogP contribution in [0.1, 0.15) is 23.0 Å². The molecule has 0 saturated heterocycles. The number of hydrogen-bond acceptors (Lipinski definition) is 6. The molecule has 2 heterocycles. The number of carbonyl (C=O) groups is 1. The highest BCUT2D eigenvalue weighted by Crippen LogP contribution is 2.13. The highest BCUT2D eigenvalue weighted by molar-refractivity contribution is 5.99. The Morgan fingerprint density at radius 1 is 1.32 bits per heavy atom. The minimum Gasteiger partial charge on any atom is -0.461 e. The number of carbonyl (C=O) groups excluding carboxylic acids is 1. The van der Waals surface area contributed by atoms with Crippen molar-refractivity contribution in [2.45, 2.75) is 13.5 Å². The Hall–Kier alpha value is -2.96. The molecule has 0 atom stereocenters. The maximum absolute atomic E-state index is 12.5. The van der Waals surface area contributed by atoms with Gasteiger partial charge in [0.1, 0.15) is 11.7 Å². The number of rotatable bonds is 4. The largest absolute Gasteiger partial charge is 0.461 e. The van der Waals surface area contributed by atoms with Crippen molar-refractivity contribution in [2.75, 3.05) is 6.61 Å². The number of esters is 1. The van der Waals surface area contributed by atoms with Crippen LogP contribution < -0.4 is 5.56 Å². The minimum atomic E-state index is -0.697. The molecule has 2 aromatic heterocycles. The summed E-state index contributed by atoms with van der Waals surface area (Å²) in [4.78, 5) is 28.4.